The van der Waals surface area contributed by atoms with Crippen LogP contribution in [0.15, 0.2) is 84.9 Å². The molecule has 0 radical (unpaired) electrons. The van der Waals surface area contributed by atoms with Crippen molar-refractivity contribution >= 4 is 17.7 Å². The lowest BCUT2D eigenvalue weighted by Crippen LogP contribution is -2.33. The molecule has 3 aromatic carbocycles. The molecule has 1 amide bonds. The van der Waals surface area contributed by atoms with E-state index in [0.29, 0.717) is 13.2 Å². The zero-order chi connectivity index (χ0) is 20.6. The van der Waals surface area contributed by atoms with Crippen LogP contribution in [0.5, 0.6) is 5.75 Å². The minimum Gasteiger partial charge on any atom is -0.489 e. The standard InChI is InChI=1S/C25H25NO3S/c27-24(19-28-17-20-8-3-1-4-9-20)26-14-15-30-25(26)22-12-7-13-23(16-22)29-18-21-10-5-2-6-11-21/h1-13,16,25H,14-15,17-19H2. The Hall–Kier alpha value is -2.76. The largest absolute Gasteiger partial charge is 0.489 e. The molecule has 1 unspecified atom stereocenters. The lowest BCUT2D eigenvalue weighted by molar-refractivity contribution is -0.136. The van der Waals surface area contributed by atoms with E-state index in [-0.39, 0.29) is 17.9 Å². The Morgan fingerprint density at radius 1 is 0.900 bits per heavy atom. The van der Waals surface area contributed by atoms with E-state index in [2.05, 4.69) is 6.07 Å². The van der Waals surface area contributed by atoms with Gasteiger partial charge in [-0.2, -0.15) is 0 Å². The molecule has 0 bridgehead atoms. The van der Waals surface area contributed by atoms with Crippen LogP contribution in [0.2, 0.25) is 0 Å². The van der Waals surface area contributed by atoms with Crippen molar-refractivity contribution in [2.45, 2.75) is 18.6 Å². The topological polar surface area (TPSA) is 38.8 Å². The van der Waals surface area contributed by atoms with E-state index in [9.17, 15) is 4.79 Å². The van der Waals surface area contributed by atoms with Gasteiger partial charge < -0.3 is 14.4 Å². The van der Waals surface area contributed by atoms with Gasteiger partial charge in [0.1, 0.15) is 24.3 Å². The second-order valence-corrected chi connectivity index (χ2v) is 8.32. The predicted octanol–water partition coefficient (Wildman–Crippen LogP) is 5.06. The first-order valence-electron chi connectivity index (χ1n) is 10.1. The van der Waals surface area contributed by atoms with Crippen LogP contribution in [0, 0.1) is 0 Å². The molecule has 0 aliphatic carbocycles. The Labute approximate surface area is 181 Å². The van der Waals surface area contributed by atoms with Gasteiger partial charge in [-0.3, -0.25) is 4.79 Å². The Morgan fingerprint density at radius 2 is 1.60 bits per heavy atom. The third-order valence-electron chi connectivity index (χ3n) is 4.94. The number of nitrogens with zero attached hydrogens (tertiary/aromatic N) is 1. The van der Waals surface area contributed by atoms with E-state index >= 15 is 0 Å². The first kappa shape index (κ1) is 20.5. The lowest BCUT2D eigenvalue weighted by atomic mass is 10.2. The van der Waals surface area contributed by atoms with Crippen LogP contribution in [0.1, 0.15) is 22.1 Å². The minimum atomic E-state index is -0.00176. The highest BCUT2D eigenvalue weighted by atomic mass is 32.2. The molecule has 0 saturated carbocycles. The average Bonchev–Trinajstić information content (AvgIpc) is 3.29. The number of carbonyl (C=O) groups is 1. The van der Waals surface area contributed by atoms with Crippen LogP contribution in [0.3, 0.4) is 0 Å². The molecule has 154 valence electrons. The van der Waals surface area contributed by atoms with Crippen molar-refractivity contribution in [2.75, 3.05) is 18.9 Å². The normalized spacial score (nSPS) is 15.9. The highest BCUT2D eigenvalue weighted by Crippen LogP contribution is 2.39. The molecule has 5 heteroatoms. The van der Waals surface area contributed by atoms with E-state index in [1.807, 2.05) is 83.8 Å². The minimum absolute atomic E-state index is 0.00176. The van der Waals surface area contributed by atoms with Crippen molar-refractivity contribution in [1.82, 2.24) is 4.90 Å². The number of rotatable bonds is 8. The summed E-state index contributed by atoms with van der Waals surface area (Å²) < 4.78 is 11.6. The van der Waals surface area contributed by atoms with E-state index in [1.165, 1.54) is 0 Å². The maximum Gasteiger partial charge on any atom is 0.249 e. The highest BCUT2D eigenvalue weighted by molar-refractivity contribution is 7.99. The maximum atomic E-state index is 12.8. The van der Waals surface area contributed by atoms with Crippen molar-refractivity contribution in [3.8, 4) is 5.75 Å². The Kier molecular flexibility index (Phi) is 7.06. The zero-order valence-electron chi connectivity index (χ0n) is 16.8. The van der Waals surface area contributed by atoms with Crippen LogP contribution in [-0.4, -0.2) is 29.7 Å². The SMILES string of the molecule is O=C(COCc1ccccc1)N1CCSC1c1cccc(OCc2ccccc2)c1. The Morgan fingerprint density at radius 3 is 2.33 bits per heavy atom. The molecular formula is C25H25NO3S. The number of carbonyl (C=O) groups excluding carboxylic acids is 1. The van der Waals surface area contributed by atoms with Crippen molar-refractivity contribution in [3.05, 3.63) is 102 Å². The first-order chi connectivity index (χ1) is 14.8. The third-order valence-corrected chi connectivity index (χ3v) is 6.20. The monoisotopic (exact) mass is 419 g/mol. The summed E-state index contributed by atoms with van der Waals surface area (Å²) >= 11 is 1.78. The van der Waals surface area contributed by atoms with Crippen LogP contribution in [0.25, 0.3) is 0 Å². The molecule has 1 saturated heterocycles. The van der Waals surface area contributed by atoms with E-state index in [0.717, 1.165) is 34.7 Å². The lowest BCUT2D eigenvalue weighted by Gasteiger charge is -2.24. The molecule has 1 aliphatic rings. The highest BCUT2D eigenvalue weighted by Gasteiger charge is 2.30. The summed E-state index contributed by atoms with van der Waals surface area (Å²) in [6, 6.07) is 28.1. The first-order valence-corrected chi connectivity index (χ1v) is 11.1. The Balaban J connectivity index is 1.35. The van der Waals surface area contributed by atoms with E-state index < -0.39 is 0 Å². The van der Waals surface area contributed by atoms with Gasteiger partial charge in [-0.1, -0.05) is 72.8 Å². The number of hydrogen-bond donors (Lipinski definition) is 0. The zero-order valence-corrected chi connectivity index (χ0v) is 17.6. The van der Waals surface area contributed by atoms with Gasteiger partial charge in [-0.15, -0.1) is 11.8 Å². The summed E-state index contributed by atoms with van der Waals surface area (Å²) in [7, 11) is 0. The van der Waals surface area contributed by atoms with E-state index in [1.54, 1.807) is 11.8 Å². The number of amides is 1. The van der Waals surface area contributed by atoms with Gasteiger partial charge in [0.2, 0.25) is 5.91 Å². The molecule has 30 heavy (non-hydrogen) atoms. The van der Waals surface area contributed by atoms with Gasteiger partial charge in [-0.05, 0) is 28.8 Å². The number of hydrogen-bond acceptors (Lipinski definition) is 4. The van der Waals surface area contributed by atoms with Gasteiger partial charge in [0.05, 0.1) is 6.61 Å². The smallest absolute Gasteiger partial charge is 0.249 e. The molecule has 3 aromatic rings. The molecular weight excluding hydrogens is 394 g/mol. The van der Waals surface area contributed by atoms with Gasteiger partial charge in [0.25, 0.3) is 0 Å². The molecule has 4 nitrogen and oxygen atoms in total. The fraction of sp³-hybridized carbons (Fsp3) is 0.240. The quantitative estimate of drug-likeness (QED) is 0.512. The second kappa shape index (κ2) is 10.3. The summed E-state index contributed by atoms with van der Waals surface area (Å²) in [6.07, 6.45) is 0. The fourth-order valence-electron chi connectivity index (χ4n) is 3.41. The van der Waals surface area contributed by atoms with Gasteiger partial charge >= 0.3 is 0 Å². The number of thioether (sulfide) groups is 1. The van der Waals surface area contributed by atoms with Crippen molar-refractivity contribution in [1.29, 1.82) is 0 Å². The second-order valence-electron chi connectivity index (χ2n) is 7.14. The van der Waals surface area contributed by atoms with Crippen LogP contribution < -0.4 is 4.74 Å². The summed E-state index contributed by atoms with van der Waals surface area (Å²) in [6.45, 7) is 1.80. The summed E-state index contributed by atoms with van der Waals surface area (Å²) in [5.74, 6) is 1.76. The summed E-state index contributed by atoms with van der Waals surface area (Å²) in [4.78, 5) is 14.7. The van der Waals surface area contributed by atoms with E-state index in [4.69, 9.17) is 9.47 Å². The van der Waals surface area contributed by atoms with Crippen LogP contribution in [0.4, 0.5) is 0 Å². The van der Waals surface area contributed by atoms with Gasteiger partial charge in [0, 0.05) is 12.3 Å². The van der Waals surface area contributed by atoms with Crippen molar-refractivity contribution in [2.24, 2.45) is 0 Å². The number of benzene rings is 3. The molecule has 1 heterocycles. The fourth-order valence-corrected chi connectivity index (χ4v) is 4.68. The molecule has 0 aromatic heterocycles. The maximum absolute atomic E-state index is 12.8. The molecule has 0 N–H and O–H groups in total. The predicted molar refractivity (Wildman–Crippen MR) is 120 cm³/mol. The summed E-state index contributed by atoms with van der Waals surface area (Å²) in [5, 5.41) is -0.00176. The molecule has 0 spiro atoms. The molecule has 1 aliphatic heterocycles. The molecule has 1 atom stereocenters. The third kappa shape index (κ3) is 5.43. The number of ether oxygens (including phenoxy) is 2. The van der Waals surface area contributed by atoms with Gasteiger partial charge in [0.15, 0.2) is 0 Å². The molecule has 1 fully saturated rings. The average molecular weight is 420 g/mol. The van der Waals surface area contributed by atoms with Crippen LogP contribution in [-0.2, 0) is 22.7 Å². The summed E-state index contributed by atoms with van der Waals surface area (Å²) in [5.41, 5.74) is 3.28. The van der Waals surface area contributed by atoms with Crippen molar-refractivity contribution in [3.63, 3.8) is 0 Å². The van der Waals surface area contributed by atoms with Crippen molar-refractivity contribution < 1.29 is 14.3 Å². The van der Waals surface area contributed by atoms with Crippen LogP contribution >= 0.6 is 11.8 Å². The van der Waals surface area contributed by atoms with Gasteiger partial charge in [-0.25, -0.2) is 0 Å². The molecule has 4 rings (SSSR count). The Bertz CT molecular complexity index is 949.